The molecule has 4 N–H and O–H groups in total. The average molecular weight is 272 g/mol. The van der Waals surface area contributed by atoms with Crippen molar-refractivity contribution in [3.05, 3.63) is 29.8 Å². The fourth-order valence-corrected chi connectivity index (χ4v) is 1.24. The molecular weight excluding hydrogens is 258 g/mol. The average Bonchev–Trinajstić information content (AvgIpc) is 2.29. The molecular formula is C11H14ClN3O3. The van der Waals surface area contributed by atoms with Gasteiger partial charge < -0.3 is 16.3 Å². The van der Waals surface area contributed by atoms with Crippen LogP contribution in [-0.2, 0) is 9.59 Å². The molecule has 0 heterocycles. The number of rotatable bonds is 5. The Labute approximate surface area is 110 Å². The van der Waals surface area contributed by atoms with Crippen molar-refractivity contribution in [2.24, 2.45) is 10.9 Å². The molecule has 1 amide bonds. The number of nitrogens with one attached hydrogen (secondary N) is 1. The summed E-state index contributed by atoms with van der Waals surface area (Å²) in [6, 6.07) is 6.96. The van der Waals surface area contributed by atoms with Gasteiger partial charge in [0, 0.05) is 17.7 Å². The van der Waals surface area contributed by atoms with E-state index in [1.165, 1.54) is 6.21 Å². The van der Waals surface area contributed by atoms with Gasteiger partial charge in [0.1, 0.15) is 0 Å². The molecule has 0 spiro atoms. The quantitative estimate of drug-likeness (QED) is 0.425. The number of aliphatic carboxylic acids is 1. The topological polar surface area (TPSA) is 105 Å². The van der Waals surface area contributed by atoms with Crippen LogP contribution in [0.5, 0.6) is 0 Å². The smallest absolute Gasteiger partial charge is 0.303 e. The third-order valence-electron chi connectivity index (χ3n) is 2.01. The molecule has 18 heavy (non-hydrogen) atoms. The second-order valence-electron chi connectivity index (χ2n) is 3.31. The molecule has 0 aliphatic heterocycles. The van der Waals surface area contributed by atoms with E-state index in [1.54, 1.807) is 24.3 Å². The van der Waals surface area contributed by atoms with E-state index in [0.29, 0.717) is 11.3 Å². The highest BCUT2D eigenvalue weighted by Crippen LogP contribution is 2.13. The lowest BCUT2D eigenvalue weighted by Gasteiger charge is -2.06. The number of hydrazone groups is 1. The van der Waals surface area contributed by atoms with Gasteiger partial charge in [-0.15, -0.1) is 12.4 Å². The van der Waals surface area contributed by atoms with Crippen molar-refractivity contribution < 1.29 is 14.7 Å². The van der Waals surface area contributed by atoms with Crippen LogP contribution >= 0.6 is 12.4 Å². The molecule has 1 aromatic carbocycles. The number of hydrogen-bond donors (Lipinski definition) is 3. The summed E-state index contributed by atoms with van der Waals surface area (Å²) in [5.74, 6) is 3.68. The summed E-state index contributed by atoms with van der Waals surface area (Å²) in [5, 5.41) is 14.4. The first-order valence-electron chi connectivity index (χ1n) is 4.97. The van der Waals surface area contributed by atoms with Crippen molar-refractivity contribution in [1.82, 2.24) is 0 Å². The van der Waals surface area contributed by atoms with E-state index in [2.05, 4.69) is 10.4 Å². The predicted molar refractivity (Wildman–Crippen MR) is 71.0 cm³/mol. The van der Waals surface area contributed by atoms with Gasteiger partial charge in [0.2, 0.25) is 5.91 Å². The Morgan fingerprint density at radius 2 is 2.00 bits per heavy atom. The Bertz CT molecular complexity index is 449. The van der Waals surface area contributed by atoms with E-state index in [4.69, 9.17) is 10.9 Å². The maximum Gasteiger partial charge on any atom is 0.303 e. The molecule has 0 aromatic heterocycles. The predicted octanol–water partition coefficient (Wildman–Crippen LogP) is 1.20. The van der Waals surface area contributed by atoms with Crippen LogP contribution in [0.2, 0.25) is 0 Å². The Balaban J connectivity index is 0.00000289. The molecule has 1 rings (SSSR count). The molecule has 0 unspecified atom stereocenters. The summed E-state index contributed by atoms with van der Waals surface area (Å²) in [5.41, 5.74) is 1.22. The first-order chi connectivity index (χ1) is 8.13. The number of benzene rings is 1. The Hall–Kier alpha value is -2.08. The van der Waals surface area contributed by atoms with Crippen LogP contribution in [0, 0.1) is 0 Å². The van der Waals surface area contributed by atoms with Gasteiger partial charge in [-0.05, 0) is 6.07 Å². The Kier molecular flexibility index (Phi) is 7.14. The van der Waals surface area contributed by atoms with Crippen LogP contribution in [0.25, 0.3) is 0 Å². The molecule has 0 bridgehead atoms. The van der Waals surface area contributed by atoms with Crippen molar-refractivity contribution in [1.29, 1.82) is 0 Å². The third-order valence-corrected chi connectivity index (χ3v) is 2.01. The third kappa shape index (κ3) is 5.31. The summed E-state index contributed by atoms with van der Waals surface area (Å²) in [6.45, 7) is 0. The molecule has 0 saturated heterocycles. The van der Waals surface area contributed by atoms with Crippen LogP contribution < -0.4 is 11.2 Å². The summed E-state index contributed by atoms with van der Waals surface area (Å²) in [7, 11) is 0. The van der Waals surface area contributed by atoms with Gasteiger partial charge in [0.25, 0.3) is 0 Å². The number of nitrogens with two attached hydrogens (primary N) is 1. The maximum atomic E-state index is 11.4. The second-order valence-corrected chi connectivity index (χ2v) is 3.31. The van der Waals surface area contributed by atoms with Gasteiger partial charge >= 0.3 is 5.97 Å². The second kappa shape index (κ2) is 8.08. The van der Waals surface area contributed by atoms with Gasteiger partial charge in [-0.25, -0.2) is 0 Å². The molecule has 0 saturated carbocycles. The van der Waals surface area contributed by atoms with Crippen LogP contribution in [-0.4, -0.2) is 23.2 Å². The number of carbonyl (C=O) groups is 2. The van der Waals surface area contributed by atoms with Gasteiger partial charge in [-0.3, -0.25) is 9.59 Å². The van der Waals surface area contributed by atoms with E-state index in [-0.39, 0.29) is 31.2 Å². The fourth-order valence-electron chi connectivity index (χ4n) is 1.24. The number of anilines is 1. The van der Waals surface area contributed by atoms with Crippen molar-refractivity contribution in [3.63, 3.8) is 0 Å². The standard InChI is InChI=1S/C11H13N3O3.ClH/c12-13-7-8-3-1-2-4-9(8)14-10(15)5-6-11(16)17;/h1-4,7H,5-6,12H2,(H,14,15)(H,16,17);1H. The van der Waals surface area contributed by atoms with E-state index >= 15 is 0 Å². The van der Waals surface area contributed by atoms with Gasteiger partial charge in [0.15, 0.2) is 0 Å². The zero-order chi connectivity index (χ0) is 12.7. The lowest BCUT2D eigenvalue weighted by Crippen LogP contribution is -2.14. The first-order valence-corrected chi connectivity index (χ1v) is 4.97. The largest absolute Gasteiger partial charge is 0.481 e. The maximum absolute atomic E-state index is 11.4. The number of carbonyl (C=O) groups excluding carboxylic acids is 1. The van der Waals surface area contributed by atoms with E-state index in [0.717, 1.165) is 0 Å². The molecule has 0 atom stereocenters. The summed E-state index contributed by atoms with van der Waals surface area (Å²) < 4.78 is 0. The van der Waals surface area contributed by atoms with Crippen molar-refractivity contribution in [2.75, 3.05) is 5.32 Å². The number of carboxylic acids is 1. The lowest BCUT2D eigenvalue weighted by molar-refractivity contribution is -0.138. The highest BCUT2D eigenvalue weighted by molar-refractivity contribution is 5.98. The summed E-state index contributed by atoms with van der Waals surface area (Å²) >= 11 is 0. The number of hydrogen-bond acceptors (Lipinski definition) is 4. The zero-order valence-corrected chi connectivity index (χ0v) is 10.3. The number of nitrogens with zero attached hydrogens (tertiary/aromatic N) is 1. The minimum Gasteiger partial charge on any atom is -0.481 e. The fraction of sp³-hybridized carbons (Fsp3) is 0.182. The molecule has 0 aliphatic carbocycles. The highest BCUT2D eigenvalue weighted by Gasteiger charge is 2.07. The van der Waals surface area contributed by atoms with Crippen LogP contribution in [0.1, 0.15) is 18.4 Å². The number of halogens is 1. The number of carboxylic acid groups (broad SMARTS) is 1. The number of para-hydroxylation sites is 1. The van der Waals surface area contributed by atoms with Gasteiger partial charge in [-0.1, -0.05) is 18.2 Å². The zero-order valence-electron chi connectivity index (χ0n) is 9.50. The summed E-state index contributed by atoms with van der Waals surface area (Å²) in [4.78, 5) is 21.7. The lowest BCUT2D eigenvalue weighted by atomic mass is 10.2. The van der Waals surface area contributed by atoms with Crippen molar-refractivity contribution >= 4 is 36.2 Å². The Morgan fingerprint density at radius 1 is 1.33 bits per heavy atom. The molecule has 0 aliphatic rings. The first kappa shape index (κ1) is 15.9. The Morgan fingerprint density at radius 3 is 2.61 bits per heavy atom. The monoisotopic (exact) mass is 271 g/mol. The van der Waals surface area contributed by atoms with E-state index in [1.807, 2.05) is 0 Å². The molecule has 98 valence electrons. The van der Waals surface area contributed by atoms with Crippen LogP contribution in [0.3, 0.4) is 0 Å². The van der Waals surface area contributed by atoms with Crippen LogP contribution in [0.4, 0.5) is 5.69 Å². The molecule has 1 aromatic rings. The van der Waals surface area contributed by atoms with Crippen molar-refractivity contribution in [2.45, 2.75) is 12.8 Å². The van der Waals surface area contributed by atoms with Gasteiger partial charge in [0.05, 0.1) is 12.6 Å². The minimum atomic E-state index is -1.00. The highest BCUT2D eigenvalue weighted by atomic mass is 35.5. The molecule has 6 nitrogen and oxygen atoms in total. The van der Waals surface area contributed by atoms with Crippen LogP contribution in [0.15, 0.2) is 29.4 Å². The molecule has 0 fully saturated rings. The molecule has 7 heteroatoms. The normalized spacial score (nSPS) is 9.78. The SMILES string of the molecule is Cl.NN=Cc1ccccc1NC(=O)CCC(=O)O. The van der Waals surface area contributed by atoms with Gasteiger partial charge in [-0.2, -0.15) is 5.10 Å². The molecule has 0 radical (unpaired) electrons. The number of amides is 1. The van der Waals surface area contributed by atoms with E-state index in [9.17, 15) is 9.59 Å². The van der Waals surface area contributed by atoms with Crippen molar-refractivity contribution in [3.8, 4) is 0 Å². The minimum absolute atomic E-state index is 0. The van der Waals surface area contributed by atoms with E-state index < -0.39 is 5.97 Å². The summed E-state index contributed by atoms with van der Waals surface area (Å²) in [6.07, 6.45) is 1.15.